The Labute approximate surface area is 219 Å². The minimum Gasteiger partial charge on any atom is -0.379 e. The number of rotatable bonds is 17. The highest BCUT2D eigenvalue weighted by atomic mass is 16.5. The van der Waals surface area contributed by atoms with E-state index in [4.69, 9.17) is 24.7 Å². The molecule has 0 aromatic carbocycles. The Morgan fingerprint density at radius 3 is 1.54 bits per heavy atom. The van der Waals surface area contributed by atoms with E-state index in [1.54, 1.807) is 7.11 Å². The van der Waals surface area contributed by atoms with Crippen LogP contribution in [0.15, 0.2) is 0 Å². The summed E-state index contributed by atoms with van der Waals surface area (Å²) in [6.45, 7) is 33.4. The fourth-order valence-corrected chi connectivity index (χ4v) is 4.91. The number of hydrogen-bond acceptors (Lipinski definition) is 5. The average molecular weight is 502 g/mol. The first kappa shape index (κ1) is 34.8. The molecule has 0 heterocycles. The van der Waals surface area contributed by atoms with Gasteiger partial charge in [-0.25, -0.2) is 0 Å². The molecular formula is C30H63NO4. The van der Waals surface area contributed by atoms with Gasteiger partial charge in [-0.1, -0.05) is 27.7 Å². The van der Waals surface area contributed by atoms with E-state index < -0.39 is 0 Å². The van der Waals surface area contributed by atoms with Gasteiger partial charge in [0.15, 0.2) is 0 Å². The van der Waals surface area contributed by atoms with Gasteiger partial charge in [0.1, 0.15) is 0 Å². The molecule has 2 N–H and O–H groups in total. The quantitative estimate of drug-likeness (QED) is 0.223. The van der Waals surface area contributed by atoms with Crippen molar-refractivity contribution in [1.82, 2.24) is 0 Å². The fourth-order valence-electron chi connectivity index (χ4n) is 4.91. The highest BCUT2D eigenvalue weighted by Gasteiger charge is 2.43. The van der Waals surface area contributed by atoms with Crippen LogP contribution in [0.2, 0.25) is 0 Å². The molecule has 5 heteroatoms. The Hall–Kier alpha value is -0.200. The van der Waals surface area contributed by atoms with Crippen LogP contribution < -0.4 is 5.73 Å². The maximum atomic E-state index is 6.57. The lowest BCUT2D eigenvalue weighted by Crippen LogP contribution is -2.48. The molecule has 0 aromatic heterocycles. The Balaban J connectivity index is 5.03. The standard InChI is InChI=1S/C30H63NO4/c1-22(31)19-28(10,11)34-23(2)20-26(6,7)29(12,13)33-18-17-25(4,5)30(14,15)35-24(3)21-27(8,9)32-16/h22-24H,17-21,31H2,1-16H3. The number of hydrogen-bond donors (Lipinski definition) is 1. The Bertz CT molecular complexity index is 620. The Morgan fingerprint density at radius 1 is 0.600 bits per heavy atom. The Kier molecular flexibility index (Phi) is 12.5. The molecule has 0 aliphatic heterocycles. The van der Waals surface area contributed by atoms with E-state index in [1.807, 2.05) is 6.92 Å². The van der Waals surface area contributed by atoms with Crippen molar-refractivity contribution in [3.8, 4) is 0 Å². The second-order valence-corrected chi connectivity index (χ2v) is 14.6. The minimum absolute atomic E-state index is 0.0575. The lowest BCUT2D eigenvalue weighted by atomic mass is 9.72. The van der Waals surface area contributed by atoms with Crippen molar-refractivity contribution < 1.29 is 18.9 Å². The molecule has 0 saturated carbocycles. The summed E-state index contributed by atoms with van der Waals surface area (Å²) in [6.07, 6.45) is 3.72. The van der Waals surface area contributed by atoms with Crippen LogP contribution in [0.4, 0.5) is 0 Å². The van der Waals surface area contributed by atoms with Crippen LogP contribution in [-0.2, 0) is 18.9 Å². The number of methoxy groups -OCH3 is 1. The van der Waals surface area contributed by atoms with Gasteiger partial charge in [0.2, 0.25) is 0 Å². The molecule has 0 aromatic rings. The van der Waals surface area contributed by atoms with Gasteiger partial charge >= 0.3 is 0 Å². The molecule has 0 aliphatic rings. The molecular weight excluding hydrogens is 438 g/mol. The van der Waals surface area contributed by atoms with E-state index in [1.165, 1.54) is 0 Å². The van der Waals surface area contributed by atoms with Gasteiger partial charge in [0.05, 0.1) is 34.6 Å². The maximum Gasteiger partial charge on any atom is 0.0681 e. The molecule has 5 nitrogen and oxygen atoms in total. The maximum absolute atomic E-state index is 6.57. The molecule has 0 radical (unpaired) electrons. The summed E-state index contributed by atoms with van der Waals surface area (Å²) in [7, 11) is 1.76. The van der Waals surface area contributed by atoms with Crippen molar-refractivity contribution in [1.29, 1.82) is 0 Å². The van der Waals surface area contributed by atoms with Crippen LogP contribution in [0, 0.1) is 10.8 Å². The fraction of sp³-hybridized carbons (Fsp3) is 1.00. The lowest BCUT2D eigenvalue weighted by molar-refractivity contribution is -0.167. The van der Waals surface area contributed by atoms with E-state index in [2.05, 4.69) is 96.9 Å². The molecule has 0 amide bonds. The van der Waals surface area contributed by atoms with Gasteiger partial charge in [-0.3, -0.25) is 0 Å². The van der Waals surface area contributed by atoms with Gasteiger partial charge in [0, 0.05) is 26.2 Å². The largest absolute Gasteiger partial charge is 0.379 e. The number of nitrogens with two attached hydrogens (primary N) is 1. The van der Waals surface area contributed by atoms with E-state index >= 15 is 0 Å². The van der Waals surface area contributed by atoms with Gasteiger partial charge in [-0.2, -0.15) is 0 Å². The molecule has 35 heavy (non-hydrogen) atoms. The zero-order valence-corrected chi connectivity index (χ0v) is 26.5. The lowest BCUT2D eigenvalue weighted by Gasteiger charge is -2.46. The summed E-state index contributed by atoms with van der Waals surface area (Å²) in [5.74, 6) is 0. The second-order valence-electron chi connectivity index (χ2n) is 14.6. The van der Waals surface area contributed by atoms with E-state index in [0.717, 1.165) is 25.7 Å². The van der Waals surface area contributed by atoms with Crippen molar-refractivity contribution in [2.24, 2.45) is 16.6 Å². The van der Waals surface area contributed by atoms with E-state index in [-0.39, 0.29) is 51.5 Å². The molecule has 212 valence electrons. The summed E-state index contributed by atoms with van der Waals surface area (Å²) in [6, 6.07) is 0.121. The van der Waals surface area contributed by atoms with Crippen LogP contribution >= 0.6 is 0 Å². The van der Waals surface area contributed by atoms with Crippen molar-refractivity contribution >= 4 is 0 Å². The summed E-state index contributed by atoms with van der Waals surface area (Å²) >= 11 is 0. The monoisotopic (exact) mass is 501 g/mol. The zero-order chi connectivity index (χ0) is 28.1. The molecule has 0 saturated heterocycles. The molecule has 3 unspecified atom stereocenters. The van der Waals surface area contributed by atoms with E-state index in [9.17, 15) is 0 Å². The molecule has 0 aliphatic carbocycles. The third kappa shape index (κ3) is 11.8. The van der Waals surface area contributed by atoms with Crippen molar-refractivity contribution in [3.63, 3.8) is 0 Å². The van der Waals surface area contributed by atoms with Gasteiger partial charge in [-0.15, -0.1) is 0 Å². The first-order chi connectivity index (χ1) is 15.4. The normalized spacial score (nSPS) is 17.4. The van der Waals surface area contributed by atoms with Crippen LogP contribution in [0.3, 0.4) is 0 Å². The summed E-state index contributed by atoms with van der Waals surface area (Å²) in [5.41, 5.74) is 4.87. The molecule has 0 fully saturated rings. The molecule has 3 atom stereocenters. The smallest absolute Gasteiger partial charge is 0.0681 e. The highest BCUT2D eigenvalue weighted by molar-refractivity contribution is 4.92. The molecule has 0 rings (SSSR count). The van der Waals surface area contributed by atoms with Crippen molar-refractivity contribution in [2.75, 3.05) is 13.7 Å². The van der Waals surface area contributed by atoms with Crippen molar-refractivity contribution in [3.05, 3.63) is 0 Å². The van der Waals surface area contributed by atoms with Gasteiger partial charge < -0.3 is 24.7 Å². The van der Waals surface area contributed by atoms with Crippen LogP contribution in [0.25, 0.3) is 0 Å². The SMILES string of the molecule is COC(C)(C)CC(C)OC(C)(C)C(C)(C)CCOC(C)(C)C(C)(C)CC(C)OC(C)(C)CC(C)N. The topological polar surface area (TPSA) is 62.9 Å². The summed E-state index contributed by atoms with van der Waals surface area (Å²) in [4.78, 5) is 0. The van der Waals surface area contributed by atoms with Crippen LogP contribution in [-0.4, -0.2) is 54.4 Å². The minimum atomic E-state index is -0.299. The van der Waals surface area contributed by atoms with Gasteiger partial charge in [-0.05, 0) is 106 Å². The van der Waals surface area contributed by atoms with Crippen LogP contribution in [0.1, 0.15) is 130 Å². The average Bonchev–Trinajstić information content (AvgIpc) is 2.57. The third-order valence-electron chi connectivity index (χ3n) is 8.41. The van der Waals surface area contributed by atoms with Gasteiger partial charge in [0.25, 0.3) is 0 Å². The summed E-state index contributed by atoms with van der Waals surface area (Å²) < 4.78 is 25.1. The predicted molar refractivity (Wildman–Crippen MR) is 150 cm³/mol. The molecule has 0 spiro atoms. The second kappa shape index (κ2) is 12.6. The zero-order valence-electron chi connectivity index (χ0n) is 26.5. The third-order valence-corrected chi connectivity index (χ3v) is 8.41. The summed E-state index contributed by atoms with van der Waals surface area (Å²) in [5, 5.41) is 0. The molecule has 0 bridgehead atoms. The predicted octanol–water partition coefficient (Wildman–Crippen LogP) is 7.53. The highest BCUT2D eigenvalue weighted by Crippen LogP contribution is 2.42. The van der Waals surface area contributed by atoms with Crippen molar-refractivity contribution in [2.45, 2.75) is 170 Å². The Morgan fingerprint density at radius 2 is 1.09 bits per heavy atom. The number of ether oxygens (including phenoxy) is 4. The van der Waals surface area contributed by atoms with Crippen LogP contribution in [0.5, 0.6) is 0 Å². The first-order valence-electron chi connectivity index (χ1n) is 13.7. The first-order valence-corrected chi connectivity index (χ1v) is 13.7. The van der Waals surface area contributed by atoms with E-state index in [0.29, 0.717) is 6.61 Å².